The molecule has 2 aromatic rings. The Bertz CT molecular complexity index is 821. The molecule has 0 aliphatic carbocycles. The Kier molecular flexibility index (Phi) is 5.50. The third kappa shape index (κ3) is 3.91. The van der Waals surface area contributed by atoms with Crippen LogP contribution in [0.2, 0.25) is 5.02 Å². The molecule has 136 valence electrons. The highest BCUT2D eigenvalue weighted by atomic mass is 35.5. The number of benzene rings is 2. The lowest BCUT2D eigenvalue weighted by Crippen LogP contribution is -2.40. The Morgan fingerprint density at radius 2 is 1.96 bits per heavy atom. The molecule has 4 rings (SSSR count). The summed E-state index contributed by atoms with van der Waals surface area (Å²) in [7, 11) is 0. The van der Waals surface area contributed by atoms with Crippen LogP contribution in [0.3, 0.4) is 0 Å². The van der Waals surface area contributed by atoms with E-state index in [1.165, 1.54) is 23.4 Å². The van der Waals surface area contributed by atoms with Crippen molar-refractivity contribution in [2.75, 3.05) is 43.7 Å². The van der Waals surface area contributed by atoms with Crippen molar-refractivity contribution >= 4 is 35.6 Å². The maximum absolute atomic E-state index is 6.45. The molecule has 2 aliphatic rings. The number of nitrogens with zero attached hydrogens (tertiary/aromatic N) is 3. The van der Waals surface area contributed by atoms with Gasteiger partial charge < -0.3 is 4.74 Å². The summed E-state index contributed by atoms with van der Waals surface area (Å²) in [5.74, 6) is 0. The molecule has 0 aromatic heterocycles. The maximum atomic E-state index is 6.45. The largest absolute Gasteiger partial charge is 0.379 e. The molecule has 0 unspecified atom stereocenters. The molecule has 4 nitrogen and oxygen atoms in total. The van der Waals surface area contributed by atoms with Crippen molar-refractivity contribution in [3.05, 3.63) is 52.5 Å². The van der Waals surface area contributed by atoms with Gasteiger partial charge in [-0.05, 0) is 36.2 Å². The summed E-state index contributed by atoms with van der Waals surface area (Å²) in [4.78, 5) is 2.45. The van der Waals surface area contributed by atoms with Crippen molar-refractivity contribution < 1.29 is 4.74 Å². The Balaban J connectivity index is 1.53. The number of hydrogen-bond donors (Lipinski definition) is 0. The smallest absolute Gasteiger partial charge is 0.0930 e. The normalized spacial score (nSPS) is 17.4. The van der Waals surface area contributed by atoms with Gasteiger partial charge in [-0.1, -0.05) is 29.8 Å². The molecular weight excluding hydrogens is 366 g/mol. The minimum Gasteiger partial charge on any atom is -0.379 e. The van der Waals surface area contributed by atoms with Crippen molar-refractivity contribution in [2.45, 2.75) is 6.92 Å². The first-order valence-corrected chi connectivity index (χ1v) is 10.0. The summed E-state index contributed by atoms with van der Waals surface area (Å²) >= 11 is 7.97. The Morgan fingerprint density at radius 1 is 1.12 bits per heavy atom. The number of halogens is 1. The second-order valence-corrected chi connectivity index (χ2v) is 7.85. The van der Waals surface area contributed by atoms with Gasteiger partial charge >= 0.3 is 0 Å². The van der Waals surface area contributed by atoms with Crippen LogP contribution in [0.1, 0.15) is 11.1 Å². The summed E-state index contributed by atoms with van der Waals surface area (Å²) in [6.45, 7) is 7.72. The van der Waals surface area contributed by atoms with E-state index < -0.39 is 0 Å². The third-order valence-corrected chi connectivity index (χ3v) is 5.88. The number of anilines is 1. The molecule has 0 atom stereocenters. The highest BCUT2D eigenvalue weighted by molar-refractivity contribution is 7.99. The first-order chi connectivity index (χ1) is 12.7. The van der Waals surface area contributed by atoms with Gasteiger partial charge in [0.1, 0.15) is 0 Å². The fourth-order valence-corrected chi connectivity index (χ4v) is 4.34. The molecule has 0 saturated carbocycles. The van der Waals surface area contributed by atoms with Gasteiger partial charge in [0.05, 0.1) is 31.0 Å². The monoisotopic (exact) mass is 387 g/mol. The number of hydrogen-bond acceptors (Lipinski definition) is 5. The summed E-state index contributed by atoms with van der Waals surface area (Å²) in [6, 6.07) is 12.7. The molecule has 0 bridgehead atoms. The zero-order valence-corrected chi connectivity index (χ0v) is 16.4. The van der Waals surface area contributed by atoms with E-state index in [1.54, 1.807) is 0 Å². The maximum Gasteiger partial charge on any atom is 0.0930 e. The van der Waals surface area contributed by atoms with Crippen LogP contribution in [0.15, 0.2) is 40.8 Å². The van der Waals surface area contributed by atoms with Gasteiger partial charge in [-0.3, -0.25) is 9.21 Å². The van der Waals surface area contributed by atoms with Gasteiger partial charge in [0, 0.05) is 48.5 Å². The fourth-order valence-electron chi connectivity index (χ4n) is 3.31. The number of aryl methyl sites for hydroxylation is 1. The summed E-state index contributed by atoms with van der Waals surface area (Å²) in [6.07, 6.45) is 1.94. The van der Waals surface area contributed by atoms with E-state index >= 15 is 0 Å². The first-order valence-electron chi connectivity index (χ1n) is 8.89. The molecule has 2 heterocycles. The molecule has 1 saturated heterocycles. The second-order valence-electron chi connectivity index (χ2n) is 6.63. The van der Waals surface area contributed by atoms with Crippen LogP contribution >= 0.6 is 23.7 Å². The lowest BCUT2D eigenvalue weighted by molar-refractivity contribution is 0.0395. The van der Waals surface area contributed by atoms with Crippen molar-refractivity contribution in [1.29, 1.82) is 0 Å². The van der Waals surface area contributed by atoms with E-state index in [9.17, 15) is 0 Å². The molecule has 26 heavy (non-hydrogen) atoms. The van der Waals surface area contributed by atoms with Crippen LogP contribution in [0, 0.1) is 6.92 Å². The van der Waals surface area contributed by atoms with Crippen molar-refractivity contribution in [3.8, 4) is 11.1 Å². The number of rotatable bonds is 4. The average Bonchev–Trinajstić information content (AvgIpc) is 2.66. The molecule has 1 fully saturated rings. The van der Waals surface area contributed by atoms with Crippen LogP contribution in [-0.2, 0) is 4.74 Å². The quantitative estimate of drug-likeness (QED) is 0.724. The summed E-state index contributed by atoms with van der Waals surface area (Å²) in [5, 5.41) is 0.788. The van der Waals surface area contributed by atoms with Gasteiger partial charge in [-0.15, -0.1) is 0 Å². The van der Waals surface area contributed by atoms with Gasteiger partial charge in [0.15, 0.2) is 0 Å². The van der Waals surface area contributed by atoms with Gasteiger partial charge in [-0.2, -0.15) is 0 Å². The van der Waals surface area contributed by atoms with E-state index in [2.05, 4.69) is 50.9 Å². The minimum atomic E-state index is 0.788. The predicted octanol–water partition coefficient (Wildman–Crippen LogP) is 4.45. The van der Waals surface area contributed by atoms with Gasteiger partial charge in [0.2, 0.25) is 0 Å². The Morgan fingerprint density at radius 3 is 2.77 bits per heavy atom. The average molecular weight is 388 g/mol. The standard InChI is InChI=1S/C20H22ClN3OS/c1-15-2-4-18(19(21)12-15)16-3-5-20-17(13-16)14-22-26-24(20)7-6-23-8-10-25-11-9-23/h2-5,12-14H,6-11H2,1H3. The zero-order chi connectivity index (χ0) is 17.9. The second kappa shape index (κ2) is 8.01. The topological polar surface area (TPSA) is 28.1 Å². The Hall–Kier alpha value is -1.53. The zero-order valence-electron chi connectivity index (χ0n) is 14.8. The van der Waals surface area contributed by atoms with Crippen LogP contribution in [0.4, 0.5) is 5.69 Å². The summed E-state index contributed by atoms with van der Waals surface area (Å²) in [5.41, 5.74) is 5.71. The predicted molar refractivity (Wildman–Crippen MR) is 111 cm³/mol. The molecule has 2 aromatic carbocycles. The highest BCUT2D eigenvalue weighted by Crippen LogP contribution is 2.35. The van der Waals surface area contributed by atoms with Gasteiger partial charge in [-0.25, -0.2) is 4.40 Å². The number of fused-ring (bicyclic) bond motifs is 1. The molecule has 0 radical (unpaired) electrons. The van der Waals surface area contributed by atoms with E-state index in [0.717, 1.165) is 61.1 Å². The lowest BCUT2D eigenvalue weighted by Gasteiger charge is -2.31. The fraction of sp³-hybridized carbons (Fsp3) is 0.350. The molecule has 6 heteroatoms. The SMILES string of the molecule is Cc1ccc(-c2ccc3c(c2)C=NSN3CCN2CCOCC2)c(Cl)c1. The molecular formula is C20H22ClN3OS. The van der Waals surface area contributed by atoms with E-state index in [-0.39, 0.29) is 0 Å². The van der Waals surface area contributed by atoms with Crippen molar-refractivity contribution in [1.82, 2.24) is 4.90 Å². The van der Waals surface area contributed by atoms with Gasteiger partial charge in [0.25, 0.3) is 0 Å². The van der Waals surface area contributed by atoms with E-state index in [1.807, 2.05) is 12.3 Å². The van der Waals surface area contributed by atoms with E-state index in [0.29, 0.717) is 0 Å². The van der Waals surface area contributed by atoms with Crippen LogP contribution in [0.25, 0.3) is 11.1 Å². The van der Waals surface area contributed by atoms with Crippen LogP contribution in [0.5, 0.6) is 0 Å². The molecule has 0 amide bonds. The first kappa shape index (κ1) is 17.9. The molecule has 2 aliphatic heterocycles. The Labute approximate surface area is 164 Å². The highest BCUT2D eigenvalue weighted by Gasteiger charge is 2.18. The third-order valence-electron chi connectivity index (χ3n) is 4.79. The minimum absolute atomic E-state index is 0.788. The summed E-state index contributed by atoms with van der Waals surface area (Å²) < 4.78 is 12.2. The lowest BCUT2D eigenvalue weighted by atomic mass is 10.0. The van der Waals surface area contributed by atoms with E-state index in [4.69, 9.17) is 16.3 Å². The van der Waals surface area contributed by atoms with Crippen LogP contribution in [-0.4, -0.2) is 50.5 Å². The molecule has 0 spiro atoms. The molecule has 0 N–H and O–H groups in total. The van der Waals surface area contributed by atoms with Crippen molar-refractivity contribution in [2.24, 2.45) is 4.40 Å². The van der Waals surface area contributed by atoms with Crippen LogP contribution < -0.4 is 4.31 Å². The van der Waals surface area contributed by atoms with Crippen molar-refractivity contribution in [3.63, 3.8) is 0 Å². The number of ether oxygens (including phenoxy) is 1. The number of morpholine rings is 1.